The largest absolute Gasteiger partial charge is 0.270 e. The first kappa shape index (κ1) is 11.2. The van der Waals surface area contributed by atoms with E-state index in [-0.39, 0.29) is 5.41 Å². The normalized spacial score (nSPS) is 18.0. The fourth-order valence-electron chi connectivity index (χ4n) is 0.971. The summed E-state index contributed by atoms with van der Waals surface area (Å²) in [6, 6.07) is 0. The second-order valence-corrected chi connectivity index (χ2v) is 3.08. The molecule has 0 amide bonds. The number of hydrogen-bond donors (Lipinski definition) is 0. The van der Waals surface area contributed by atoms with Crippen LogP contribution in [-0.4, -0.2) is 6.21 Å². The van der Waals surface area contributed by atoms with Gasteiger partial charge >= 0.3 is 0 Å². The van der Waals surface area contributed by atoms with Crippen LogP contribution in [0.5, 0.6) is 0 Å². The highest BCUT2D eigenvalue weighted by Crippen LogP contribution is 2.24. The van der Waals surface area contributed by atoms with Gasteiger partial charge < -0.3 is 0 Å². The monoisotopic (exact) mass is 165 g/mol. The molecule has 0 heterocycles. The van der Waals surface area contributed by atoms with Crippen LogP contribution in [0, 0.1) is 5.41 Å². The molecule has 0 bridgehead atoms. The van der Waals surface area contributed by atoms with E-state index < -0.39 is 0 Å². The van der Waals surface area contributed by atoms with Gasteiger partial charge in [-0.1, -0.05) is 32.1 Å². The van der Waals surface area contributed by atoms with E-state index in [1.807, 2.05) is 20.0 Å². The minimum atomic E-state index is 0.168. The summed E-state index contributed by atoms with van der Waals surface area (Å²) in [6.45, 7) is 8.35. The zero-order valence-electron chi connectivity index (χ0n) is 8.54. The summed E-state index contributed by atoms with van der Waals surface area (Å²) in [5.74, 6) is 0. The Kier molecular flexibility index (Phi) is 5.35. The Morgan fingerprint density at radius 2 is 1.92 bits per heavy atom. The molecule has 0 saturated carbocycles. The SMILES string of the molecule is CC=N/C=C\C(C)(/C=C\C)CC. The Morgan fingerprint density at radius 3 is 2.33 bits per heavy atom. The Hall–Kier alpha value is -0.850. The van der Waals surface area contributed by atoms with Gasteiger partial charge in [0.05, 0.1) is 0 Å². The van der Waals surface area contributed by atoms with Crippen LogP contribution in [0.1, 0.15) is 34.1 Å². The molecule has 0 aliphatic rings. The van der Waals surface area contributed by atoms with Crippen LogP contribution in [0.15, 0.2) is 29.4 Å². The molecule has 1 unspecified atom stereocenters. The molecule has 12 heavy (non-hydrogen) atoms. The molecule has 1 nitrogen and oxygen atoms in total. The molecule has 68 valence electrons. The molecule has 0 aliphatic heterocycles. The summed E-state index contributed by atoms with van der Waals surface area (Å²) >= 11 is 0. The van der Waals surface area contributed by atoms with Crippen LogP contribution in [-0.2, 0) is 0 Å². The zero-order chi connectivity index (χ0) is 9.45. The summed E-state index contributed by atoms with van der Waals surface area (Å²) in [5, 5.41) is 0. The highest BCUT2D eigenvalue weighted by atomic mass is 14.7. The molecule has 0 fully saturated rings. The lowest BCUT2D eigenvalue weighted by atomic mass is 9.87. The predicted octanol–water partition coefficient (Wildman–Crippen LogP) is 3.58. The van der Waals surface area contributed by atoms with Crippen molar-refractivity contribution in [2.75, 3.05) is 0 Å². The van der Waals surface area contributed by atoms with E-state index in [0.717, 1.165) is 6.42 Å². The molecule has 1 atom stereocenters. The third-order valence-electron chi connectivity index (χ3n) is 2.00. The fraction of sp³-hybridized carbons (Fsp3) is 0.545. The highest BCUT2D eigenvalue weighted by Gasteiger charge is 2.12. The van der Waals surface area contributed by atoms with Crippen molar-refractivity contribution in [1.82, 2.24) is 0 Å². The lowest BCUT2D eigenvalue weighted by Crippen LogP contribution is -2.06. The van der Waals surface area contributed by atoms with Gasteiger partial charge in [-0.05, 0) is 20.3 Å². The maximum Gasteiger partial charge on any atom is 0.0232 e. The molecule has 0 radical (unpaired) electrons. The standard InChI is InChI=1S/C11H19N/c1-5-8-11(4,6-2)9-10-12-7-3/h5,7-10H,6H2,1-4H3/b8-5-,10-9-,12-7?. The van der Waals surface area contributed by atoms with Gasteiger partial charge in [0.1, 0.15) is 0 Å². The third-order valence-corrected chi connectivity index (χ3v) is 2.00. The van der Waals surface area contributed by atoms with Crippen LogP contribution >= 0.6 is 0 Å². The molecule has 1 heteroatoms. The summed E-state index contributed by atoms with van der Waals surface area (Å²) < 4.78 is 0. The van der Waals surface area contributed by atoms with Crippen molar-refractivity contribution < 1.29 is 0 Å². The smallest absolute Gasteiger partial charge is 0.0232 e. The Morgan fingerprint density at radius 1 is 1.25 bits per heavy atom. The Bertz CT molecular complexity index is 189. The van der Waals surface area contributed by atoms with E-state index in [4.69, 9.17) is 0 Å². The third kappa shape index (κ3) is 4.12. The maximum atomic E-state index is 4.05. The van der Waals surface area contributed by atoms with Crippen molar-refractivity contribution in [3.63, 3.8) is 0 Å². The number of allylic oxidation sites excluding steroid dienone is 3. The van der Waals surface area contributed by atoms with Crippen LogP contribution < -0.4 is 0 Å². The van der Waals surface area contributed by atoms with Crippen molar-refractivity contribution in [1.29, 1.82) is 0 Å². The first-order valence-electron chi connectivity index (χ1n) is 4.48. The van der Waals surface area contributed by atoms with Gasteiger partial charge in [-0.15, -0.1) is 0 Å². The summed E-state index contributed by atoms with van der Waals surface area (Å²) in [6.07, 6.45) is 11.2. The van der Waals surface area contributed by atoms with E-state index in [2.05, 4.69) is 37.1 Å². The van der Waals surface area contributed by atoms with E-state index in [9.17, 15) is 0 Å². The van der Waals surface area contributed by atoms with Gasteiger partial charge in [0.2, 0.25) is 0 Å². The number of aliphatic imine (C=N–C) groups is 1. The second-order valence-electron chi connectivity index (χ2n) is 3.08. The minimum absolute atomic E-state index is 0.168. The number of nitrogens with zero attached hydrogens (tertiary/aromatic N) is 1. The first-order valence-corrected chi connectivity index (χ1v) is 4.48. The summed E-state index contributed by atoms with van der Waals surface area (Å²) in [5.41, 5.74) is 0.168. The predicted molar refractivity (Wildman–Crippen MR) is 56.5 cm³/mol. The van der Waals surface area contributed by atoms with Crippen LogP contribution in [0.3, 0.4) is 0 Å². The molecular weight excluding hydrogens is 146 g/mol. The molecule has 0 rings (SSSR count). The Labute approximate surface area is 75.9 Å². The summed E-state index contributed by atoms with van der Waals surface area (Å²) in [4.78, 5) is 4.05. The second kappa shape index (κ2) is 5.76. The van der Waals surface area contributed by atoms with Gasteiger partial charge in [0, 0.05) is 17.8 Å². The molecule has 0 saturated heterocycles. The van der Waals surface area contributed by atoms with Crippen molar-refractivity contribution in [2.24, 2.45) is 10.4 Å². The molecule has 0 spiro atoms. The van der Waals surface area contributed by atoms with Gasteiger partial charge in [-0.2, -0.15) is 0 Å². The fourth-order valence-corrected chi connectivity index (χ4v) is 0.971. The van der Waals surface area contributed by atoms with E-state index in [0.29, 0.717) is 0 Å². The van der Waals surface area contributed by atoms with Gasteiger partial charge in [0.15, 0.2) is 0 Å². The highest BCUT2D eigenvalue weighted by molar-refractivity contribution is 5.54. The molecule has 0 aromatic carbocycles. The van der Waals surface area contributed by atoms with E-state index in [1.165, 1.54) is 0 Å². The minimum Gasteiger partial charge on any atom is -0.270 e. The first-order chi connectivity index (χ1) is 5.68. The van der Waals surface area contributed by atoms with Crippen molar-refractivity contribution >= 4 is 6.21 Å². The van der Waals surface area contributed by atoms with Crippen LogP contribution in [0.25, 0.3) is 0 Å². The Balaban J connectivity index is 4.32. The molecule has 0 aromatic heterocycles. The van der Waals surface area contributed by atoms with Crippen molar-refractivity contribution in [3.8, 4) is 0 Å². The molecule has 0 aromatic rings. The van der Waals surface area contributed by atoms with Gasteiger partial charge in [-0.25, -0.2) is 0 Å². The van der Waals surface area contributed by atoms with Gasteiger partial charge in [-0.3, -0.25) is 4.99 Å². The quantitative estimate of drug-likeness (QED) is 0.446. The summed E-state index contributed by atoms with van der Waals surface area (Å²) in [7, 11) is 0. The van der Waals surface area contributed by atoms with Crippen molar-refractivity contribution in [3.05, 3.63) is 24.4 Å². The topological polar surface area (TPSA) is 12.4 Å². The van der Waals surface area contributed by atoms with Crippen LogP contribution in [0.2, 0.25) is 0 Å². The van der Waals surface area contributed by atoms with Crippen LogP contribution in [0.4, 0.5) is 0 Å². The zero-order valence-corrected chi connectivity index (χ0v) is 8.54. The lowest BCUT2D eigenvalue weighted by Gasteiger charge is -2.18. The van der Waals surface area contributed by atoms with E-state index in [1.54, 1.807) is 6.21 Å². The molecular formula is C11H19N. The average molecular weight is 165 g/mol. The lowest BCUT2D eigenvalue weighted by molar-refractivity contribution is 0.529. The number of rotatable bonds is 4. The van der Waals surface area contributed by atoms with Crippen molar-refractivity contribution in [2.45, 2.75) is 34.1 Å². The molecule has 0 N–H and O–H groups in total. The van der Waals surface area contributed by atoms with Gasteiger partial charge in [0.25, 0.3) is 0 Å². The number of hydrogen-bond acceptors (Lipinski definition) is 1. The van der Waals surface area contributed by atoms with E-state index >= 15 is 0 Å². The average Bonchev–Trinajstić information content (AvgIpc) is 2.06. The maximum absolute atomic E-state index is 4.05. The molecule has 0 aliphatic carbocycles.